The van der Waals surface area contributed by atoms with Gasteiger partial charge >= 0.3 is 0 Å². The first kappa shape index (κ1) is 31.2. The van der Waals surface area contributed by atoms with Crippen molar-refractivity contribution in [2.75, 3.05) is 0 Å². The van der Waals surface area contributed by atoms with E-state index in [0.717, 1.165) is 93.5 Å². The molecule has 5 aromatic heterocycles. The van der Waals surface area contributed by atoms with Crippen LogP contribution in [-0.4, -0.2) is 24.1 Å². The van der Waals surface area contributed by atoms with E-state index in [1.165, 1.54) is 10.8 Å². The normalized spacial score (nSPS) is 12.1. The first-order chi connectivity index (χ1) is 28.8. The van der Waals surface area contributed by atoms with E-state index in [1.54, 1.807) is 0 Å². The van der Waals surface area contributed by atoms with Crippen LogP contribution in [0.2, 0.25) is 0 Å². The second-order valence-electron chi connectivity index (χ2n) is 14.7. The van der Waals surface area contributed by atoms with Crippen molar-refractivity contribution in [3.8, 4) is 34.4 Å². The molecule has 58 heavy (non-hydrogen) atoms. The molecule has 0 amide bonds. The van der Waals surface area contributed by atoms with Gasteiger partial charge in [0.25, 0.3) is 0 Å². The number of fused-ring (bicyclic) bond motifs is 12. The fraction of sp³-hybridized carbons (Fsp3) is 0. The number of para-hydroxylation sites is 6. The Bertz CT molecular complexity index is 3720. The lowest BCUT2D eigenvalue weighted by Gasteiger charge is -2.12. The number of benzene rings is 8. The fourth-order valence-electron chi connectivity index (χ4n) is 9.18. The van der Waals surface area contributed by atoms with Gasteiger partial charge in [-0.1, -0.05) is 127 Å². The van der Waals surface area contributed by atoms with E-state index in [4.69, 9.17) is 23.8 Å². The van der Waals surface area contributed by atoms with Crippen molar-refractivity contribution in [1.29, 1.82) is 0 Å². The summed E-state index contributed by atoms with van der Waals surface area (Å²) < 4.78 is 17.7. The largest absolute Gasteiger partial charge is 0.456 e. The summed E-state index contributed by atoms with van der Waals surface area (Å²) in [7, 11) is 0. The molecule has 0 aliphatic carbocycles. The van der Waals surface area contributed by atoms with Crippen LogP contribution in [0.15, 0.2) is 185 Å². The third kappa shape index (κ3) is 4.30. The van der Waals surface area contributed by atoms with Gasteiger partial charge in [-0.2, -0.15) is 9.97 Å². The Labute approximate surface area is 329 Å². The standard InChI is InChI=1S/C51H29N5O2/c1-6-22-38-30(14-1)31-15-2-7-23-39(31)55(38)42-26-11-19-35-47-37(21-13-29-45(47)58-48(35)42)50-52-49(36-20-12-28-44-46(36)34-18-5-10-27-43(34)57-44)53-51(54-50)56-40-24-8-3-16-32(40)33-17-4-9-25-41(33)56/h1-29H. The number of rotatable bonds is 4. The molecule has 8 aromatic carbocycles. The topological polar surface area (TPSA) is 74.8 Å². The highest BCUT2D eigenvalue weighted by atomic mass is 16.3. The van der Waals surface area contributed by atoms with Crippen molar-refractivity contribution >= 4 is 87.5 Å². The lowest BCUT2D eigenvalue weighted by atomic mass is 10.0. The van der Waals surface area contributed by atoms with Crippen molar-refractivity contribution in [2.45, 2.75) is 0 Å². The van der Waals surface area contributed by atoms with Gasteiger partial charge in [-0.05, 0) is 48.5 Å². The third-order valence-electron chi connectivity index (χ3n) is 11.6. The first-order valence-corrected chi connectivity index (χ1v) is 19.4. The molecule has 7 nitrogen and oxygen atoms in total. The molecule has 0 saturated carbocycles. The molecule has 0 radical (unpaired) electrons. The fourth-order valence-corrected chi connectivity index (χ4v) is 9.18. The van der Waals surface area contributed by atoms with Crippen LogP contribution in [0.5, 0.6) is 0 Å². The number of furan rings is 2. The maximum absolute atomic E-state index is 6.89. The second kappa shape index (κ2) is 11.7. The van der Waals surface area contributed by atoms with Crippen molar-refractivity contribution in [3.63, 3.8) is 0 Å². The minimum Gasteiger partial charge on any atom is -0.456 e. The molecule has 0 unspecified atom stereocenters. The Morgan fingerprint density at radius 2 is 0.759 bits per heavy atom. The van der Waals surface area contributed by atoms with Gasteiger partial charge in [-0.3, -0.25) is 4.57 Å². The van der Waals surface area contributed by atoms with Crippen molar-refractivity contribution < 1.29 is 8.83 Å². The monoisotopic (exact) mass is 743 g/mol. The summed E-state index contributed by atoms with van der Waals surface area (Å²) in [6.07, 6.45) is 0. The van der Waals surface area contributed by atoms with E-state index in [9.17, 15) is 0 Å². The summed E-state index contributed by atoms with van der Waals surface area (Å²) in [6.45, 7) is 0. The van der Waals surface area contributed by atoms with E-state index < -0.39 is 0 Å². The lowest BCUT2D eigenvalue weighted by molar-refractivity contribution is 0.666. The number of hydrogen-bond donors (Lipinski definition) is 0. The van der Waals surface area contributed by atoms with E-state index in [2.05, 4.69) is 143 Å². The molecule has 0 spiro atoms. The Hall–Kier alpha value is -8.03. The highest BCUT2D eigenvalue weighted by Gasteiger charge is 2.24. The molecule has 7 heteroatoms. The number of hydrogen-bond acceptors (Lipinski definition) is 5. The highest BCUT2D eigenvalue weighted by molar-refractivity contribution is 6.16. The zero-order valence-corrected chi connectivity index (χ0v) is 30.8. The van der Waals surface area contributed by atoms with Gasteiger partial charge in [0.2, 0.25) is 5.95 Å². The van der Waals surface area contributed by atoms with E-state index in [-0.39, 0.29) is 0 Å². The Kier molecular flexibility index (Phi) is 6.32. The maximum atomic E-state index is 6.89. The van der Waals surface area contributed by atoms with Crippen LogP contribution in [0.1, 0.15) is 0 Å². The van der Waals surface area contributed by atoms with Gasteiger partial charge < -0.3 is 13.4 Å². The maximum Gasteiger partial charge on any atom is 0.238 e. The van der Waals surface area contributed by atoms with E-state index in [1.807, 2.05) is 42.5 Å². The summed E-state index contributed by atoms with van der Waals surface area (Å²) in [5.74, 6) is 1.62. The average Bonchev–Trinajstić information content (AvgIpc) is 4.04. The molecule has 5 heterocycles. The molecule has 0 N–H and O–H groups in total. The average molecular weight is 744 g/mol. The number of aromatic nitrogens is 5. The predicted molar refractivity (Wildman–Crippen MR) is 234 cm³/mol. The Balaban J connectivity index is 1.12. The summed E-state index contributed by atoms with van der Waals surface area (Å²) in [5, 5.41) is 8.55. The van der Waals surface area contributed by atoms with Crippen LogP contribution in [0.3, 0.4) is 0 Å². The third-order valence-corrected chi connectivity index (χ3v) is 11.6. The molecule has 0 fully saturated rings. The Morgan fingerprint density at radius 1 is 0.328 bits per heavy atom. The second-order valence-corrected chi connectivity index (χ2v) is 14.7. The van der Waals surface area contributed by atoms with Crippen molar-refractivity contribution in [3.05, 3.63) is 176 Å². The molecule has 270 valence electrons. The van der Waals surface area contributed by atoms with Gasteiger partial charge in [0, 0.05) is 54.2 Å². The van der Waals surface area contributed by atoms with Gasteiger partial charge in [-0.25, -0.2) is 4.98 Å². The lowest BCUT2D eigenvalue weighted by Crippen LogP contribution is -2.06. The minimum atomic E-state index is 0.526. The summed E-state index contributed by atoms with van der Waals surface area (Å²) in [5.41, 5.74) is 10.1. The van der Waals surface area contributed by atoms with Crippen molar-refractivity contribution in [2.24, 2.45) is 0 Å². The van der Waals surface area contributed by atoms with Crippen LogP contribution in [-0.2, 0) is 0 Å². The smallest absolute Gasteiger partial charge is 0.238 e. The number of nitrogens with zero attached hydrogens (tertiary/aromatic N) is 5. The zero-order chi connectivity index (χ0) is 37.9. The molecule has 0 aliphatic rings. The van der Waals surface area contributed by atoms with E-state index >= 15 is 0 Å². The van der Waals surface area contributed by atoms with Crippen molar-refractivity contribution in [1.82, 2.24) is 24.1 Å². The first-order valence-electron chi connectivity index (χ1n) is 19.4. The molecular formula is C51H29N5O2. The van der Waals surface area contributed by atoms with Gasteiger partial charge in [0.05, 0.1) is 27.8 Å². The molecule has 0 atom stereocenters. The van der Waals surface area contributed by atoms with Crippen LogP contribution < -0.4 is 0 Å². The van der Waals surface area contributed by atoms with Crippen LogP contribution in [0, 0.1) is 0 Å². The molecule has 13 rings (SSSR count). The predicted octanol–water partition coefficient (Wildman–Crippen LogP) is 13.2. The quantitative estimate of drug-likeness (QED) is 0.179. The van der Waals surface area contributed by atoms with Crippen LogP contribution in [0.25, 0.3) is 122 Å². The molecular weight excluding hydrogens is 715 g/mol. The summed E-state index contributed by atoms with van der Waals surface area (Å²) >= 11 is 0. The molecule has 0 saturated heterocycles. The molecule has 0 aliphatic heterocycles. The molecule has 13 aromatic rings. The van der Waals surface area contributed by atoms with Crippen LogP contribution >= 0.6 is 0 Å². The van der Waals surface area contributed by atoms with Gasteiger partial charge in [0.15, 0.2) is 17.2 Å². The summed E-state index contributed by atoms with van der Waals surface area (Å²) in [6, 6.07) is 60.7. The SMILES string of the molecule is c1ccc2c(c1)oc1cccc(-c3nc(-c4cccc5oc6c(-n7c8ccccc8c8ccccc87)cccc6c45)nc(-n4c5ccccc5c5ccccc54)n3)c12. The highest BCUT2D eigenvalue weighted by Crippen LogP contribution is 2.42. The minimum absolute atomic E-state index is 0.526. The van der Waals surface area contributed by atoms with Crippen LogP contribution in [0.4, 0.5) is 0 Å². The summed E-state index contributed by atoms with van der Waals surface area (Å²) in [4.78, 5) is 16.0. The zero-order valence-electron chi connectivity index (χ0n) is 30.8. The van der Waals surface area contributed by atoms with Gasteiger partial charge in [0.1, 0.15) is 16.7 Å². The van der Waals surface area contributed by atoms with Gasteiger partial charge in [-0.15, -0.1) is 0 Å². The molecule has 0 bridgehead atoms. The Morgan fingerprint density at radius 3 is 1.34 bits per heavy atom. The van der Waals surface area contributed by atoms with E-state index in [0.29, 0.717) is 17.6 Å².